The van der Waals surface area contributed by atoms with Crippen molar-refractivity contribution in [2.45, 2.75) is 18.9 Å². The molecule has 2 fully saturated rings. The van der Waals surface area contributed by atoms with E-state index >= 15 is 0 Å². The van der Waals surface area contributed by atoms with E-state index in [-0.39, 0.29) is 5.69 Å². The number of hydrogen-bond donors (Lipinski definition) is 1. The number of rotatable bonds is 2. The molecule has 0 spiro atoms. The summed E-state index contributed by atoms with van der Waals surface area (Å²) in [4.78, 5) is 16.6. The third-order valence-corrected chi connectivity index (χ3v) is 3.87. The second kappa shape index (κ2) is 4.53. The van der Waals surface area contributed by atoms with Gasteiger partial charge >= 0.3 is 0 Å². The zero-order valence-electron chi connectivity index (χ0n) is 10.1. The van der Waals surface area contributed by atoms with Crippen LogP contribution in [0.15, 0.2) is 18.3 Å². The van der Waals surface area contributed by atoms with Gasteiger partial charge in [-0.3, -0.25) is 10.1 Å². The topological polar surface area (TPSA) is 71.3 Å². The second-order valence-corrected chi connectivity index (χ2v) is 5.00. The lowest BCUT2D eigenvalue weighted by Crippen LogP contribution is -2.40. The first-order valence-electron chi connectivity index (χ1n) is 6.33. The molecule has 3 rings (SSSR count). The first-order chi connectivity index (χ1) is 8.74. The summed E-state index contributed by atoms with van der Waals surface area (Å²) in [6.45, 7) is 3.06. The van der Waals surface area contributed by atoms with Crippen molar-refractivity contribution in [3.05, 3.63) is 28.4 Å². The van der Waals surface area contributed by atoms with Gasteiger partial charge in [-0.1, -0.05) is 0 Å². The highest BCUT2D eigenvalue weighted by atomic mass is 16.6. The van der Waals surface area contributed by atoms with Crippen LogP contribution in [0.1, 0.15) is 12.8 Å². The van der Waals surface area contributed by atoms with Crippen LogP contribution < -0.4 is 10.2 Å². The zero-order chi connectivity index (χ0) is 12.5. The normalized spacial score (nSPS) is 27.0. The summed E-state index contributed by atoms with van der Waals surface area (Å²) in [7, 11) is 0. The molecular weight excluding hydrogens is 232 g/mol. The fraction of sp³-hybridized carbons (Fsp3) is 0.583. The van der Waals surface area contributed by atoms with Crippen LogP contribution in [0.5, 0.6) is 0 Å². The lowest BCUT2D eigenvalue weighted by atomic mass is 9.94. The SMILES string of the molecule is O=[N+]([O-])c1ccc(N2C[C@@H]3CCCN[C@@H]3C2)nc1. The molecule has 18 heavy (non-hydrogen) atoms. The highest BCUT2D eigenvalue weighted by molar-refractivity contribution is 5.44. The molecule has 2 aliphatic rings. The van der Waals surface area contributed by atoms with E-state index < -0.39 is 4.92 Å². The molecule has 0 radical (unpaired) electrons. The lowest BCUT2D eigenvalue weighted by molar-refractivity contribution is -0.385. The summed E-state index contributed by atoms with van der Waals surface area (Å²) in [6.07, 6.45) is 3.84. The Bertz CT molecular complexity index is 434. The first-order valence-corrected chi connectivity index (χ1v) is 6.33. The fourth-order valence-electron chi connectivity index (χ4n) is 2.91. The first kappa shape index (κ1) is 11.4. The maximum atomic E-state index is 10.6. The van der Waals surface area contributed by atoms with E-state index in [9.17, 15) is 10.1 Å². The van der Waals surface area contributed by atoms with E-state index in [1.54, 1.807) is 6.07 Å². The van der Waals surface area contributed by atoms with Crippen molar-refractivity contribution >= 4 is 11.5 Å². The van der Waals surface area contributed by atoms with E-state index in [4.69, 9.17) is 0 Å². The van der Waals surface area contributed by atoms with Crippen molar-refractivity contribution in [1.29, 1.82) is 0 Å². The number of nitrogens with zero attached hydrogens (tertiary/aromatic N) is 3. The van der Waals surface area contributed by atoms with Gasteiger partial charge in [-0.05, 0) is 31.4 Å². The number of aromatic nitrogens is 1. The van der Waals surface area contributed by atoms with E-state index in [0.29, 0.717) is 12.0 Å². The van der Waals surface area contributed by atoms with Gasteiger partial charge in [0, 0.05) is 25.2 Å². The van der Waals surface area contributed by atoms with Gasteiger partial charge in [-0.2, -0.15) is 0 Å². The Hall–Kier alpha value is -1.69. The molecule has 0 unspecified atom stereocenters. The molecule has 0 aromatic carbocycles. The molecule has 2 aliphatic heterocycles. The Morgan fingerprint density at radius 3 is 3.00 bits per heavy atom. The van der Waals surface area contributed by atoms with Crippen LogP contribution in [0.4, 0.5) is 11.5 Å². The second-order valence-electron chi connectivity index (χ2n) is 5.00. The zero-order valence-corrected chi connectivity index (χ0v) is 10.1. The van der Waals surface area contributed by atoms with Gasteiger partial charge in [0.15, 0.2) is 0 Å². The molecule has 1 aromatic rings. The van der Waals surface area contributed by atoms with Crippen LogP contribution in [0, 0.1) is 16.0 Å². The molecule has 0 saturated carbocycles. The van der Waals surface area contributed by atoms with Crippen LogP contribution in [-0.4, -0.2) is 35.6 Å². The Labute approximate surface area is 105 Å². The number of fused-ring (bicyclic) bond motifs is 1. The van der Waals surface area contributed by atoms with Crippen molar-refractivity contribution in [3.8, 4) is 0 Å². The van der Waals surface area contributed by atoms with Crippen LogP contribution in [0.3, 0.4) is 0 Å². The summed E-state index contributed by atoms with van der Waals surface area (Å²) in [6, 6.07) is 3.82. The van der Waals surface area contributed by atoms with E-state index in [1.165, 1.54) is 25.1 Å². The summed E-state index contributed by atoms with van der Waals surface area (Å²) in [5, 5.41) is 14.1. The molecule has 2 atom stereocenters. The predicted octanol–water partition coefficient (Wildman–Crippen LogP) is 1.18. The van der Waals surface area contributed by atoms with Gasteiger partial charge in [0.25, 0.3) is 5.69 Å². The highest BCUT2D eigenvalue weighted by Crippen LogP contribution is 2.28. The van der Waals surface area contributed by atoms with Gasteiger partial charge in [0.05, 0.1) is 4.92 Å². The summed E-state index contributed by atoms with van der Waals surface area (Å²) >= 11 is 0. The quantitative estimate of drug-likeness (QED) is 0.628. The van der Waals surface area contributed by atoms with Crippen LogP contribution >= 0.6 is 0 Å². The minimum Gasteiger partial charge on any atom is -0.355 e. The lowest BCUT2D eigenvalue weighted by Gasteiger charge is -2.24. The third-order valence-electron chi connectivity index (χ3n) is 3.87. The van der Waals surface area contributed by atoms with Gasteiger partial charge in [0.1, 0.15) is 12.0 Å². The Morgan fingerprint density at radius 2 is 2.33 bits per heavy atom. The summed E-state index contributed by atoms with van der Waals surface area (Å²) in [5.41, 5.74) is 0.0495. The number of nitro groups is 1. The maximum absolute atomic E-state index is 10.6. The number of piperidine rings is 1. The fourth-order valence-corrected chi connectivity index (χ4v) is 2.91. The van der Waals surface area contributed by atoms with E-state index in [2.05, 4.69) is 15.2 Å². The standard InChI is InChI=1S/C12H16N4O2/c17-16(18)10-3-4-12(14-6-10)15-7-9-2-1-5-13-11(9)8-15/h3-4,6,9,11,13H,1-2,5,7-8H2/t9-,11+/m0/s1. The highest BCUT2D eigenvalue weighted by Gasteiger charge is 2.34. The van der Waals surface area contributed by atoms with E-state index in [0.717, 1.165) is 25.5 Å². The van der Waals surface area contributed by atoms with Crippen LogP contribution in [0.2, 0.25) is 0 Å². The van der Waals surface area contributed by atoms with Crippen molar-refractivity contribution < 1.29 is 4.92 Å². The van der Waals surface area contributed by atoms with Crippen molar-refractivity contribution in [2.75, 3.05) is 24.5 Å². The van der Waals surface area contributed by atoms with Crippen LogP contribution in [-0.2, 0) is 0 Å². The van der Waals surface area contributed by atoms with Crippen molar-refractivity contribution in [1.82, 2.24) is 10.3 Å². The number of anilines is 1. The number of nitrogens with one attached hydrogen (secondary N) is 1. The Morgan fingerprint density at radius 1 is 1.44 bits per heavy atom. The predicted molar refractivity (Wildman–Crippen MR) is 67.6 cm³/mol. The molecule has 1 aromatic heterocycles. The van der Waals surface area contributed by atoms with Gasteiger partial charge < -0.3 is 10.2 Å². The molecule has 6 nitrogen and oxygen atoms in total. The number of hydrogen-bond acceptors (Lipinski definition) is 5. The van der Waals surface area contributed by atoms with Gasteiger partial charge in [-0.25, -0.2) is 4.98 Å². The molecule has 3 heterocycles. The monoisotopic (exact) mass is 248 g/mol. The summed E-state index contributed by atoms with van der Waals surface area (Å²) in [5.74, 6) is 1.53. The molecule has 6 heteroatoms. The third kappa shape index (κ3) is 2.03. The van der Waals surface area contributed by atoms with Gasteiger partial charge in [0.2, 0.25) is 0 Å². The molecule has 0 bridgehead atoms. The smallest absolute Gasteiger partial charge is 0.287 e. The molecular formula is C12H16N4O2. The summed E-state index contributed by atoms with van der Waals surface area (Å²) < 4.78 is 0. The van der Waals surface area contributed by atoms with Crippen molar-refractivity contribution in [3.63, 3.8) is 0 Å². The minimum atomic E-state index is -0.415. The molecule has 2 saturated heterocycles. The van der Waals surface area contributed by atoms with Crippen molar-refractivity contribution in [2.24, 2.45) is 5.92 Å². The average molecular weight is 248 g/mol. The minimum absolute atomic E-state index is 0.0495. The Kier molecular flexibility index (Phi) is 2.87. The maximum Gasteiger partial charge on any atom is 0.287 e. The molecule has 1 N–H and O–H groups in total. The molecule has 0 amide bonds. The molecule has 96 valence electrons. The van der Waals surface area contributed by atoms with E-state index in [1.807, 2.05) is 0 Å². The Balaban J connectivity index is 1.73. The number of pyridine rings is 1. The molecule has 0 aliphatic carbocycles. The average Bonchev–Trinajstić information content (AvgIpc) is 2.82. The van der Waals surface area contributed by atoms with Crippen LogP contribution in [0.25, 0.3) is 0 Å². The van der Waals surface area contributed by atoms with Gasteiger partial charge in [-0.15, -0.1) is 0 Å². The largest absolute Gasteiger partial charge is 0.355 e.